The van der Waals surface area contributed by atoms with E-state index in [0.717, 1.165) is 57.1 Å². The molecule has 1 aliphatic rings. The largest absolute Gasteiger partial charge is 0.396 e. The molecule has 4 aromatic heterocycles. The molecule has 0 bridgehead atoms. The normalized spacial score (nSPS) is 18.7. The summed E-state index contributed by atoms with van der Waals surface area (Å²) in [6.45, 7) is 6.63. The molecule has 2 N–H and O–H groups in total. The van der Waals surface area contributed by atoms with E-state index in [4.69, 9.17) is 15.1 Å². The van der Waals surface area contributed by atoms with Crippen molar-refractivity contribution in [3.63, 3.8) is 0 Å². The first-order valence-electron chi connectivity index (χ1n) is 11.2. The van der Waals surface area contributed by atoms with E-state index in [1.54, 1.807) is 17.5 Å². The van der Waals surface area contributed by atoms with Gasteiger partial charge in [-0.25, -0.2) is 9.97 Å². The molecule has 8 heteroatoms. The lowest BCUT2D eigenvalue weighted by molar-refractivity contribution is 0.229. The SMILES string of the molecule is Cc1c(-c2ccn(C(C)C)n2)sc2nc(-c3ccccn3)nc(N[C@@H]3CC[C@H](CO)C3)c12. The average molecular weight is 449 g/mol. The molecule has 0 spiro atoms. The molecule has 0 amide bonds. The maximum atomic E-state index is 9.56. The predicted molar refractivity (Wildman–Crippen MR) is 129 cm³/mol. The van der Waals surface area contributed by atoms with Crippen molar-refractivity contribution < 1.29 is 5.11 Å². The summed E-state index contributed by atoms with van der Waals surface area (Å²) in [5.74, 6) is 1.83. The highest BCUT2D eigenvalue weighted by Gasteiger charge is 2.26. The number of rotatable bonds is 6. The van der Waals surface area contributed by atoms with Crippen molar-refractivity contribution in [1.29, 1.82) is 0 Å². The summed E-state index contributed by atoms with van der Waals surface area (Å²) in [5.41, 5.74) is 2.87. The molecule has 1 saturated carbocycles. The highest BCUT2D eigenvalue weighted by Crippen LogP contribution is 2.41. The number of aliphatic hydroxyl groups is 1. The van der Waals surface area contributed by atoms with Crippen LogP contribution < -0.4 is 5.32 Å². The maximum absolute atomic E-state index is 9.56. The van der Waals surface area contributed by atoms with Gasteiger partial charge in [-0.05, 0) is 69.7 Å². The lowest BCUT2D eigenvalue weighted by atomic mass is 10.1. The lowest BCUT2D eigenvalue weighted by Gasteiger charge is -2.15. The predicted octanol–water partition coefficient (Wildman–Crippen LogP) is 5.08. The van der Waals surface area contributed by atoms with Gasteiger partial charge in [-0.3, -0.25) is 9.67 Å². The summed E-state index contributed by atoms with van der Waals surface area (Å²) in [4.78, 5) is 16.3. The molecule has 5 rings (SSSR count). The molecule has 0 aliphatic heterocycles. The zero-order chi connectivity index (χ0) is 22.2. The summed E-state index contributed by atoms with van der Waals surface area (Å²) in [5, 5.41) is 19.1. The molecule has 0 saturated heterocycles. The van der Waals surface area contributed by atoms with Gasteiger partial charge in [0.15, 0.2) is 5.82 Å². The van der Waals surface area contributed by atoms with Crippen LogP contribution in [0.1, 0.15) is 44.7 Å². The Morgan fingerprint density at radius 3 is 2.75 bits per heavy atom. The molecule has 32 heavy (non-hydrogen) atoms. The van der Waals surface area contributed by atoms with E-state index < -0.39 is 0 Å². The minimum absolute atomic E-state index is 0.247. The van der Waals surface area contributed by atoms with Gasteiger partial charge in [-0.15, -0.1) is 11.3 Å². The molecule has 4 heterocycles. The van der Waals surface area contributed by atoms with Crippen LogP contribution in [0, 0.1) is 12.8 Å². The molecular weight excluding hydrogens is 420 g/mol. The minimum Gasteiger partial charge on any atom is -0.396 e. The Balaban J connectivity index is 1.62. The van der Waals surface area contributed by atoms with Gasteiger partial charge < -0.3 is 10.4 Å². The third-order valence-electron chi connectivity index (χ3n) is 6.19. The standard InChI is InChI=1S/C24H28N6OS/c1-14(2)30-11-9-18(29-30)21-15(3)20-23(26-17-8-7-16(12-17)13-31)27-22(28-24(20)32-21)19-6-4-5-10-25-19/h4-6,9-11,14,16-17,31H,7-8,12-13H2,1-3H3,(H,26,27,28)/t16-,17+/m0/s1. The first-order chi connectivity index (χ1) is 15.5. The van der Waals surface area contributed by atoms with Crippen molar-refractivity contribution in [3.05, 3.63) is 42.2 Å². The van der Waals surface area contributed by atoms with E-state index in [0.29, 0.717) is 23.8 Å². The number of hydrogen-bond acceptors (Lipinski definition) is 7. The Kier molecular flexibility index (Phi) is 5.65. The number of nitrogens with zero attached hydrogens (tertiary/aromatic N) is 5. The summed E-state index contributed by atoms with van der Waals surface area (Å²) in [6.07, 6.45) is 6.82. The summed E-state index contributed by atoms with van der Waals surface area (Å²) < 4.78 is 1.98. The van der Waals surface area contributed by atoms with Crippen LogP contribution in [-0.2, 0) is 0 Å². The van der Waals surface area contributed by atoms with Crippen LogP contribution in [0.25, 0.3) is 32.3 Å². The number of thiophene rings is 1. The first kappa shape index (κ1) is 21.0. The lowest BCUT2D eigenvalue weighted by Crippen LogP contribution is -2.18. The van der Waals surface area contributed by atoms with E-state index in [9.17, 15) is 5.11 Å². The van der Waals surface area contributed by atoms with Crippen molar-refractivity contribution in [2.45, 2.75) is 52.1 Å². The first-order valence-corrected chi connectivity index (χ1v) is 12.0. The zero-order valence-electron chi connectivity index (χ0n) is 18.6. The summed E-state index contributed by atoms with van der Waals surface area (Å²) >= 11 is 1.65. The second kappa shape index (κ2) is 8.60. The molecule has 0 unspecified atom stereocenters. The molecule has 0 radical (unpaired) electrons. The molecule has 1 aliphatic carbocycles. The van der Waals surface area contributed by atoms with Crippen LogP contribution in [0.4, 0.5) is 5.82 Å². The monoisotopic (exact) mass is 448 g/mol. The molecule has 7 nitrogen and oxygen atoms in total. The van der Waals surface area contributed by atoms with Gasteiger partial charge in [0.2, 0.25) is 0 Å². The van der Waals surface area contributed by atoms with Gasteiger partial charge in [0.05, 0.1) is 10.3 Å². The second-order valence-electron chi connectivity index (χ2n) is 8.82. The molecule has 0 aromatic carbocycles. The summed E-state index contributed by atoms with van der Waals surface area (Å²) in [7, 11) is 0. The van der Waals surface area contributed by atoms with E-state index >= 15 is 0 Å². The van der Waals surface area contributed by atoms with Crippen LogP contribution in [0.3, 0.4) is 0 Å². The number of aliphatic hydroxyl groups excluding tert-OH is 1. The minimum atomic E-state index is 0.247. The Hall–Kier alpha value is -2.84. The highest BCUT2D eigenvalue weighted by molar-refractivity contribution is 7.22. The van der Waals surface area contributed by atoms with Crippen LogP contribution in [0.5, 0.6) is 0 Å². The van der Waals surface area contributed by atoms with E-state index in [1.165, 1.54) is 0 Å². The number of hydrogen-bond donors (Lipinski definition) is 2. The third-order valence-corrected chi connectivity index (χ3v) is 7.40. The Labute approximate surface area is 191 Å². The maximum Gasteiger partial charge on any atom is 0.181 e. The van der Waals surface area contributed by atoms with E-state index in [1.807, 2.05) is 29.1 Å². The van der Waals surface area contributed by atoms with Crippen LogP contribution in [0.15, 0.2) is 36.7 Å². The Bertz CT molecular complexity index is 1230. The Morgan fingerprint density at radius 1 is 1.19 bits per heavy atom. The van der Waals surface area contributed by atoms with Crippen LogP contribution >= 0.6 is 11.3 Å². The Morgan fingerprint density at radius 2 is 2.06 bits per heavy atom. The fraction of sp³-hybridized carbons (Fsp3) is 0.417. The number of aryl methyl sites for hydroxylation is 1. The van der Waals surface area contributed by atoms with Gasteiger partial charge in [-0.2, -0.15) is 5.10 Å². The van der Waals surface area contributed by atoms with Crippen LogP contribution in [0.2, 0.25) is 0 Å². The van der Waals surface area contributed by atoms with Gasteiger partial charge in [0.1, 0.15) is 22.0 Å². The van der Waals surface area contributed by atoms with Crippen molar-refractivity contribution in [2.24, 2.45) is 5.92 Å². The van der Waals surface area contributed by atoms with Gasteiger partial charge in [-0.1, -0.05) is 6.07 Å². The van der Waals surface area contributed by atoms with Crippen molar-refractivity contribution in [1.82, 2.24) is 24.7 Å². The summed E-state index contributed by atoms with van der Waals surface area (Å²) in [6, 6.07) is 8.47. The average Bonchev–Trinajstić information content (AvgIpc) is 3.53. The molecular formula is C24H28N6OS. The molecule has 1 fully saturated rings. The third kappa shape index (κ3) is 3.89. The van der Waals surface area contributed by atoms with Crippen molar-refractivity contribution in [3.8, 4) is 22.1 Å². The highest BCUT2D eigenvalue weighted by atomic mass is 32.1. The smallest absolute Gasteiger partial charge is 0.181 e. The number of aromatic nitrogens is 5. The fourth-order valence-electron chi connectivity index (χ4n) is 4.41. The molecule has 166 valence electrons. The molecule has 4 aromatic rings. The quantitative estimate of drug-likeness (QED) is 0.428. The van der Waals surface area contributed by atoms with E-state index in [2.05, 4.69) is 37.1 Å². The van der Waals surface area contributed by atoms with Gasteiger partial charge >= 0.3 is 0 Å². The van der Waals surface area contributed by atoms with E-state index in [-0.39, 0.29) is 6.61 Å². The number of fused-ring (bicyclic) bond motifs is 1. The van der Waals surface area contributed by atoms with Gasteiger partial charge in [0.25, 0.3) is 0 Å². The molecule has 2 atom stereocenters. The van der Waals surface area contributed by atoms with Gasteiger partial charge in [0, 0.05) is 31.1 Å². The van der Waals surface area contributed by atoms with Crippen LogP contribution in [-0.4, -0.2) is 42.5 Å². The number of anilines is 1. The van der Waals surface area contributed by atoms with Crippen molar-refractivity contribution >= 4 is 27.4 Å². The number of nitrogens with one attached hydrogen (secondary N) is 1. The fourth-order valence-corrected chi connectivity index (χ4v) is 5.56. The number of pyridine rings is 1. The zero-order valence-corrected chi connectivity index (χ0v) is 19.4. The second-order valence-corrected chi connectivity index (χ2v) is 9.82. The topological polar surface area (TPSA) is 88.8 Å². The van der Waals surface area contributed by atoms with Crippen molar-refractivity contribution in [2.75, 3.05) is 11.9 Å².